The van der Waals surface area contributed by atoms with Gasteiger partial charge >= 0.3 is 0 Å². The Bertz CT molecular complexity index is 970. The lowest BCUT2D eigenvalue weighted by Gasteiger charge is -2.39. The fraction of sp³-hybridized carbons (Fsp3) is 0.429. The van der Waals surface area contributed by atoms with E-state index in [1.165, 1.54) is 0 Å². The smallest absolute Gasteiger partial charge is 0.194 e. The van der Waals surface area contributed by atoms with Crippen molar-refractivity contribution in [1.29, 1.82) is 0 Å². The Morgan fingerprint density at radius 2 is 2.13 bits per heavy atom. The second-order valence-corrected chi connectivity index (χ2v) is 7.52. The van der Waals surface area contributed by atoms with Gasteiger partial charge in [-0.1, -0.05) is 6.92 Å². The van der Waals surface area contributed by atoms with Crippen molar-refractivity contribution < 1.29 is 4.74 Å². The topological polar surface area (TPSA) is 96.2 Å². The quantitative estimate of drug-likeness (QED) is 0.296. The third-order valence-electron chi connectivity index (χ3n) is 5.63. The zero-order valence-corrected chi connectivity index (χ0v) is 20.4. The molecule has 2 aromatic heterocycles. The number of benzene rings is 1. The van der Waals surface area contributed by atoms with Crippen LogP contribution in [-0.2, 0) is 6.54 Å². The van der Waals surface area contributed by atoms with Crippen LogP contribution < -0.4 is 10.1 Å². The summed E-state index contributed by atoms with van der Waals surface area (Å²) in [6.07, 6.45) is 6.88. The molecule has 2 N–H and O–H groups in total. The van der Waals surface area contributed by atoms with Gasteiger partial charge in [-0.2, -0.15) is 5.10 Å². The molecule has 2 atom stereocenters. The molecule has 0 aliphatic carbocycles. The van der Waals surface area contributed by atoms with E-state index in [1.54, 1.807) is 7.11 Å². The molecule has 0 radical (unpaired) electrons. The minimum absolute atomic E-state index is 0. The van der Waals surface area contributed by atoms with Gasteiger partial charge in [0.15, 0.2) is 11.8 Å². The lowest BCUT2D eigenvalue weighted by Crippen LogP contribution is -2.48. The predicted molar refractivity (Wildman–Crippen MR) is 131 cm³/mol. The highest BCUT2D eigenvalue weighted by atomic mass is 127. The van der Waals surface area contributed by atoms with E-state index in [-0.39, 0.29) is 24.0 Å². The Morgan fingerprint density at radius 1 is 1.32 bits per heavy atom. The van der Waals surface area contributed by atoms with Gasteiger partial charge in [-0.05, 0) is 36.6 Å². The van der Waals surface area contributed by atoms with Gasteiger partial charge in [0, 0.05) is 38.1 Å². The molecular weight excluding hydrogens is 507 g/mol. The lowest BCUT2D eigenvalue weighted by molar-refractivity contribution is 0.189. The van der Waals surface area contributed by atoms with Crippen molar-refractivity contribution in [2.24, 2.45) is 10.9 Å². The molecular formula is C21H29IN8O. The van der Waals surface area contributed by atoms with E-state index in [2.05, 4.69) is 46.9 Å². The number of hydrogen-bond donors (Lipinski definition) is 2. The Balaban J connectivity index is 0.00000272. The molecule has 3 aromatic rings. The average molecular weight is 536 g/mol. The molecule has 1 aromatic carbocycles. The Labute approximate surface area is 199 Å². The van der Waals surface area contributed by atoms with Gasteiger partial charge in [0.05, 0.1) is 26.0 Å². The summed E-state index contributed by atoms with van der Waals surface area (Å²) in [5.41, 5.74) is 0.941. The van der Waals surface area contributed by atoms with Gasteiger partial charge in [0.2, 0.25) is 0 Å². The summed E-state index contributed by atoms with van der Waals surface area (Å²) in [5, 5.41) is 10.8. The number of H-pyrrole nitrogens is 1. The number of imidazole rings is 1. The van der Waals surface area contributed by atoms with Gasteiger partial charge < -0.3 is 19.5 Å². The van der Waals surface area contributed by atoms with E-state index in [0.29, 0.717) is 24.3 Å². The third kappa shape index (κ3) is 5.35. The highest BCUT2D eigenvalue weighted by molar-refractivity contribution is 14.0. The van der Waals surface area contributed by atoms with Gasteiger partial charge in [0.25, 0.3) is 0 Å². The van der Waals surface area contributed by atoms with E-state index in [4.69, 9.17) is 4.74 Å². The average Bonchev–Trinajstić information content (AvgIpc) is 3.48. The van der Waals surface area contributed by atoms with Crippen LogP contribution in [0.1, 0.15) is 25.2 Å². The molecule has 0 amide bonds. The molecule has 9 nitrogen and oxygen atoms in total. The van der Waals surface area contributed by atoms with Crippen molar-refractivity contribution in [2.75, 3.05) is 27.2 Å². The van der Waals surface area contributed by atoms with E-state index < -0.39 is 0 Å². The molecule has 166 valence electrons. The number of rotatable bonds is 5. The molecule has 0 bridgehead atoms. The number of ether oxygens (including phenoxy) is 1. The van der Waals surface area contributed by atoms with Crippen molar-refractivity contribution in [3.05, 3.63) is 48.8 Å². The van der Waals surface area contributed by atoms with Gasteiger partial charge in [-0.3, -0.25) is 10.1 Å². The van der Waals surface area contributed by atoms with Crippen molar-refractivity contribution in [3.63, 3.8) is 0 Å². The summed E-state index contributed by atoms with van der Waals surface area (Å²) in [7, 11) is 3.47. The normalized spacial score (nSPS) is 19.1. The van der Waals surface area contributed by atoms with Crippen LogP contribution in [0.5, 0.6) is 5.75 Å². The first kappa shape index (κ1) is 23.0. The van der Waals surface area contributed by atoms with Crippen molar-refractivity contribution in [2.45, 2.75) is 25.9 Å². The van der Waals surface area contributed by atoms with Crippen LogP contribution in [-0.4, -0.2) is 62.8 Å². The second-order valence-electron chi connectivity index (χ2n) is 7.52. The fourth-order valence-electron chi connectivity index (χ4n) is 3.83. The number of aromatic nitrogens is 5. The fourth-order valence-corrected chi connectivity index (χ4v) is 3.83. The zero-order chi connectivity index (χ0) is 20.9. The Kier molecular flexibility index (Phi) is 7.88. The molecule has 31 heavy (non-hydrogen) atoms. The predicted octanol–water partition coefficient (Wildman–Crippen LogP) is 2.95. The van der Waals surface area contributed by atoms with Gasteiger partial charge in [-0.15, -0.1) is 24.0 Å². The van der Waals surface area contributed by atoms with Crippen LogP contribution in [0.3, 0.4) is 0 Å². The highest BCUT2D eigenvalue weighted by Gasteiger charge is 2.28. The molecule has 1 aliphatic rings. The van der Waals surface area contributed by atoms with Crippen LogP contribution in [0.25, 0.3) is 11.4 Å². The molecule has 2 unspecified atom stereocenters. The molecule has 0 saturated carbocycles. The van der Waals surface area contributed by atoms with E-state index >= 15 is 0 Å². The minimum atomic E-state index is 0. The number of nitrogens with one attached hydrogen (secondary N) is 2. The molecule has 1 saturated heterocycles. The molecule has 1 fully saturated rings. The number of piperidine rings is 1. The SMILES string of the molecule is CN=C(NCc1nc(-c2ccc(OC)cc2)n[nH]1)N1CCC(C)C(n2ccnc2)C1.I. The first-order valence-electron chi connectivity index (χ1n) is 10.2. The number of nitrogens with zero attached hydrogens (tertiary/aromatic N) is 6. The number of aliphatic imine (C=N–C) groups is 1. The molecule has 3 heterocycles. The first-order valence-corrected chi connectivity index (χ1v) is 10.2. The first-order chi connectivity index (χ1) is 14.7. The van der Waals surface area contributed by atoms with Crippen LogP contribution in [0.15, 0.2) is 48.0 Å². The second kappa shape index (κ2) is 10.6. The highest BCUT2D eigenvalue weighted by Crippen LogP contribution is 2.27. The summed E-state index contributed by atoms with van der Waals surface area (Å²) in [6.45, 7) is 4.69. The van der Waals surface area contributed by atoms with Crippen LogP contribution >= 0.6 is 24.0 Å². The van der Waals surface area contributed by atoms with Gasteiger partial charge in [-0.25, -0.2) is 9.97 Å². The number of hydrogen-bond acceptors (Lipinski definition) is 5. The largest absolute Gasteiger partial charge is 0.497 e. The van der Waals surface area contributed by atoms with Crippen molar-refractivity contribution in [3.8, 4) is 17.1 Å². The summed E-state index contributed by atoms with van der Waals surface area (Å²) in [4.78, 5) is 15.6. The minimum Gasteiger partial charge on any atom is -0.497 e. The standard InChI is InChI=1S/C21H28N8O.HI/c1-15-8-10-28(13-18(15)29-11-9-23-14-29)21(22-2)24-12-19-25-20(27-26-19)16-4-6-17(30-3)7-5-16;/h4-7,9,11,14-15,18H,8,10,12-13H2,1-3H3,(H,22,24)(H,25,26,27);1H. The molecule has 1 aliphatic heterocycles. The summed E-state index contributed by atoms with van der Waals surface area (Å²) in [6, 6.07) is 8.08. The Morgan fingerprint density at radius 3 is 2.81 bits per heavy atom. The van der Waals surface area contributed by atoms with Crippen molar-refractivity contribution >= 4 is 29.9 Å². The number of halogens is 1. The molecule has 4 rings (SSSR count). The number of likely N-dealkylation sites (tertiary alicyclic amines) is 1. The van der Waals surface area contributed by atoms with E-state index in [9.17, 15) is 0 Å². The van der Waals surface area contributed by atoms with Crippen LogP contribution in [0, 0.1) is 5.92 Å². The zero-order valence-electron chi connectivity index (χ0n) is 18.0. The Hall–Kier alpha value is -2.63. The summed E-state index contributed by atoms with van der Waals surface area (Å²) in [5.74, 6) is 3.70. The monoisotopic (exact) mass is 536 g/mol. The maximum atomic E-state index is 5.20. The number of aromatic amines is 1. The summed E-state index contributed by atoms with van der Waals surface area (Å²) < 4.78 is 7.40. The van der Waals surface area contributed by atoms with Crippen LogP contribution in [0.4, 0.5) is 0 Å². The maximum absolute atomic E-state index is 5.20. The number of guanidine groups is 1. The van der Waals surface area contributed by atoms with E-state index in [1.807, 2.05) is 50.0 Å². The van der Waals surface area contributed by atoms with Crippen molar-refractivity contribution in [1.82, 2.24) is 34.9 Å². The number of methoxy groups -OCH3 is 1. The summed E-state index contributed by atoms with van der Waals surface area (Å²) >= 11 is 0. The van der Waals surface area contributed by atoms with Gasteiger partial charge in [0.1, 0.15) is 11.6 Å². The lowest BCUT2D eigenvalue weighted by atomic mass is 9.93. The maximum Gasteiger partial charge on any atom is 0.194 e. The molecule has 10 heteroatoms. The van der Waals surface area contributed by atoms with E-state index in [0.717, 1.165) is 42.6 Å². The van der Waals surface area contributed by atoms with Crippen LogP contribution in [0.2, 0.25) is 0 Å². The third-order valence-corrected chi connectivity index (χ3v) is 5.63. The molecule has 0 spiro atoms.